The van der Waals surface area contributed by atoms with E-state index in [2.05, 4.69) is 25.1 Å². The number of hydrogen-bond acceptors (Lipinski definition) is 1. The van der Waals surface area contributed by atoms with E-state index in [0.717, 1.165) is 13.1 Å². The van der Waals surface area contributed by atoms with E-state index in [4.69, 9.17) is 6.42 Å². The van der Waals surface area contributed by atoms with Crippen molar-refractivity contribution in [3.8, 4) is 12.3 Å². The van der Waals surface area contributed by atoms with Crippen molar-refractivity contribution >= 4 is 0 Å². The molecule has 1 heterocycles. The smallest absolute Gasteiger partial charge is 0.0388 e. The zero-order valence-corrected chi connectivity index (χ0v) is 6.07. The summed E-state index contributed by atoms with van der Waals surface area (Å²) in [6.07, 6.45) is 5.32. The minimum atomic E-state index is 0.314. The summed E-state index contributed by atoms with van der Waals surface area (Å²) in [5.74, 6) is 3.22. The fourth-order valence-electron chi connectivity index (χ4n) is 1.22. The van der Waals surface area contributed by atoms with Crippen LogP contribution in [0.5, 0.6) is 0 Å². The van der Waals surface area contributed by atoms with E-state index in [1.807, 2.05) is 0 Å². The first-order valence-corrected chi connectivity index (χ1v) is 3.33. The van der Waals surface area contributed by atoms with Crippen LogP contribution in [0, 0.1) is 23.7 Å². The molecule has 1 rings (SSSR count). The number of rotatable bonds is 0. The van der Waals surface area contributed by atoms with Gasteiger partial charge in [0, 0.05) is 19.0 Å². The van der Waals surface area contributed by atoms with Gasteiger partial charge in [0.1, 0.15) is 0 Å². The molecule has 0 aliphatic carbocycles. The fraction of sp³-hybridized carbons (Fsp3) is 0.750. The van der Waals surface area contributed by atoms with Crippen molar-refractivity contribution in [3.05, 3.63) is 0 Å². The maximum Gasteiger partial charge on any atom is 0.0388 e. The van der Waals surface area contributed by atoms with Crippen LogP contribution in [0.15, 0.2) is 0 Å². The summed E-state index contributed by atoms with van der Waals surface area (Å²) >= 11 is 0. The van der Waals surface area contributed by atoms with Crippen molar-refractivity contribution in [2.75, 3.05) is 13.1 Å². The van der Waals surface area contributed by atoms with E-state index in [1.54, 1.807) is 0 Å². The topological polar surface area (TPSA) is 12.0 Å². The van der Waals surface area contributed by atoms with Crippen molar-refractivity contribution in [1.29, 1.82) is 0 Å². The SMILES string of the molecule is C#CC1CNCC1(C)C. The van der Waals surface area contributed by atoms with Crippen LogP contribution in [0.25, 0.3) is 0 Å². The molecule has 1 heteroatoms. The zero-order chi connectivity index (χ0) is 6.91. The highest BCUT2D eigenvalue weighted by atomic mass is 14.9. The van der Waals surface area contributed by atoms with Crippen molar-refractivity contribution in [1.82, 2.24) is 5.32 Å². The second-order valence-corrected chi connectivity index (χ2v) is 3.34. The third kappa shape index (κ3) is 1.09. The van der Waals surface area contributed by atoms with Crippen LogP contribution in [-0.2, 0) is 0 Å². The largest absolute Gasteiger partial charge is 0.315 e. The van der Waals surface area contributed by atoms with Gasteiger partial charge in [-0.05, 0) is 5.41 Å². The fourth-order valence-corrected chi connectivity index (χ4v) is 1.22. The molecular weight excluding hydrogens is 110 g/mol. The van der Waals surface area contributed by atoms with E-state index in [0.29, 0.717) is 11.3 Å². The van der Waals surface area contributed by atoms with E-state index in [-0.39, 0.29) is 0 Å². The summed E-state index contributed by atoms with van der Waals surface area (Å²) in [7, 11) is 0. The first-order valence-electron chi connectivity index (χ1n) is 3.33. The van der Waals surface area contributed by atoms with Crippen LogP contribution in [0.3, 0.4) is 0 Å². The highest BCUT2D eigenvalue weighted by molar-refractivity contribution is 5.05. The van der Waals surface area contributed by atoms with Crippen LogP contribution in [0.2, 0.25) is 0 Å². The average molecular weight is 123 g/mol. The second kappa shape index (κ2) is 2.04. The zero-order valence-electron chi connectivity index (χ0n) is 6.07. The Morgan fingerprint density at radius 3 is 2.56 bits per heavy atom. The first-order chi connectivity index (χ1) is 4.17. The minimum Gasteiger partial charge on any atom is -0.315 e. The second-order valence-electron chi connectivity index (χ2n) is 3.34. The van der Waals surface area contributed by atoms with Gasteiger partial charge in [0.25, 0.3) is 0 Å². The van der Waals surface area contributed by atoms with Crippen molar-refractivity contribution in [2.24, 2.45) is 11.3 Å². The Bertz CT molecular complexity index is 141. The molecule has 9 heavy (non-hydrogen) atoms. The lowest BCUT2D eigenvalue weighted by atomic mass is 9.83. The third-order valence-corrected chi connectivity index (χ3v) is 2.07. The molecule has 0 bridgehead atoms. The molecule has 1 nitrogen and oxygen atoms in total. The van der Waals surface area contributed by atoms with Crippen LogP contribution in [0.1, 0.15) is 13.8 Å². The maximum atomic E-state index is 5.32. The molecule has 0 aromatic carbocycles. The molecule has 1 fully saturated rings. The van der Waals surface area contributed by atoms with E-state index in [9.17, 15) is 0 Å². The van der Waals surface area contributed by atoms with Crippen LogP contribution in [0.4, 0.5) is 0 Å². The molecule has 1 aliphatic rings. The van der Waals surface area contributed by atoms with E-state index in [1.165, 1.54) is 0 Å². The van der Waals surface area contributed by atoms with E-state index >= 15 is 0 Å². The molecule has 50 valence electrons. The summed E-state index contributed by atoms with van der Waals surface area (Å²) in [4.78, 5) is 0. The van der Waals surface area contributed by atoms with Gasteiger partial charge in [-0.1, -0.05) is 13.8 Å². The molecule has 1 saturated heterocycles. The maximum absolute atomic E-state index is 5.32. The lowest BCUT2D eigenvalue weighted by molar-refractivity contribution is 0.350. The van der Waals surface area contributed by atoms with Gasteiger partial charge in [0.2, 0.25) is 0 Å². The Hall–Kier alpha value is -0.480. The Labute approximate surface area is 56.8 Å². The quantitative estimate of drug-likeness (QED) is 0.471. The van der Waals surface area contributed by atoms with Crippen LogP contribution < -0.4 is 5.32 Å². The van der Waals surface area contributed by atoms with Crippen molar-refractivity contribution < 1.29 is 0 Å². The molecule has 1 aliphatic heterocycles. The number of hydrogen-bond donors (Lipinski definition) is 1. The Balaban J connectivity index is 2.65. The highest BCUT2D eigenvalue weighted by Crippen LogP contribution is 2.28. The molecule has 1 atom stereocenters. The van der Waals surface area contributed by atoms with Gasteiger partial charge in [0.05, 0.1) is 0 Å². The molecule has 0 aromatic rings. The summed E-state index contributed by atoms with van der Waals surface area (Å²) in [6, 6.07) is 0. The number of terminal acetylenes is 1. The molecule has 0 radical (unpaired) electrons. The summed E-state index contributed by atoms with van der Waals surface area (Å²) in [5, 5.41) is 3.27. The lowest BCUT2D eigenvalue weighted by Gasteiger charge is -2.20. The molecule has 0 aromatic heterocycles. The monoisotopic (exact) mass is 123 g/mol. The van der Waals surface area contributed by atoms with Crippen molar-refractivity contribution in [3.63, 3.8) is 0 Å². The van der Waals surface area contributed by atoms with Gasteiger partial charge in [-0.25, -0.2) is 0 Å². The summed E-state index contributed by atoms with van der Waals surface area (Å²) < 4.78 is 0. The summed E-state index contributed by atoms with van der Waals surface area (Å²) in [5.41, 5.74) is 0.314. The Kier molecular flexibility index (Phi) is 1.50. The van der Waals surface area contributed by atoms with Gasteiger partial charge in [-0.3, -0.25) is 0 Å². The molecule has 0 saturated carbocycles. The predicted molar refractivity (Wildman–Crippen MR) is 39.0 cm³/mol. The lowest BCUT2D eigenvalue weighted by Crippen LogP contribution is -2.20. The molecule has 0 amide bonds. The molecule has 0 spiro atoms. The molecule has 1 unspecified atom stereocenters. The molecule has 1 N–H and O–H groups in total. The minimum absolute atomic E-state index is 0.314. The Morgan fingerprint density at radius 2 is 2.33 bits per heavy atom. The average Bonchev–Trinajstić information content (AvgIpc) is 2.08. The molecular formula is C8H13N. The van der Waals surface area contributed by atoms with Gasteiger partial charge < -0.3 is 5.32 Å². The van der Waals surface area contributed by atoms with Crippen LogP contribution in [-0.4, -0.2) is 13.1 Å². The van der Waals surface area contributed by atoms with Gasteiger partial charge in [-0.2, -0.15) is 0 Å². The van der Waals surface area contributed by atoms with E-state index < -0.39 is 0 Å². The van der Waals surface area contributed by atoms with Gasteiger partial charge >= 0.3 is 0 Å². The van der Waals surface area contributed by atoms with Gasteiger partial charge in [0.15, 0.2) is 0 Å². The predicted octanol–water partition coefficient (Wildman–Crippen LogP) is 0.865. The number of nitrogens with one attached hydrogen (secondary N) is 1. The van der Waals surface area contributed by atoms with Gasteiger partial charge in [-0.15, -0.1) is 12.3 Å². The normalized spacial score (nSPS) is 31.9. The first kappa shape index (κ1) is 6.64. The Morgan fingerprint density at radius 1 is 1.67 bits per heavy atom. The summed E-state index contributed by atoms with van der Waals surface area (Å²) in [6.45, 7) is 6.46. The third-order valence-electron chi connectivity index (χ3n) is 2.07. The highest BCUT2D eigenvalue weighted by Gasteiger charge is 2.32. The van der Waals surface area contributed by atoms with Crippen LogP contribution >= 0.6 is 0 Å². The standard InChI is InChI=1S/C8H13N/c1-4-7-5-9-6-8(7,2)3/h1,7,9H,5-6H2,2-3H3. The van der Waals surface area contributed by atoms with Crippen molar-refractivity contribution in [2.45, 2.75) is 13.8 Å².